The molecular formula is C46H32N6O2. The maximum Gasteiger partial charge on any atom is 0.129 e. The Bertz CT molecular complexity index is 2560. The van der Waals surface area contributed by atoms with Gasteiger partial charge in [-0.05, 0) is 72.8 Å². The molecule has 0 aliphatic carbocycles. The monoisotopic (exact) mass is 700 g/mol. The second kappa shape index (κ2) is 13.9. The normalized spacial score (nSPS) is 11.1. The van der Waals surface area contributed by atoms with Crippen LogP contribution in [0, 0.1) is 0 Å². The van der Waals surface area contributed by atoms with Gasteiger partial charge in [0.15, 0.2) is 0 Å². The summed E-state index contributed by atoms with van der Waals surface area (Å²) in [4.78, 5) is 20.6. The molecule has 258 valence electrons. The highest BCUT2D eigenvalue weighted by Crippen LogP contribution is 2.37. The number of nitrogens with two attached hydrogens (primary N) is 2. The van der Waals surface area contributed by atoms with Crippen molar-refractivity contribution in [2.75, 3.05) is 11.5 Å². The number of anilines is 2. The molecule has 2 aromatic heterocycles. The molecule has 9 aromatic rings. The second-order valence-corrected chi connectivity index (χ2v) is 12.8. The number of fused-ring (bicyclic) bond motifs is 2. The number of benzene rings is 7. The first-order chi connectivity index (χ1) is 26.5. The molecule has 0 aliphatic rings. The third-order valence-corrected chi connectivity index (χ3v) is 9.03. The van der Waals surface area contributed by atoms with Crippen molar-refractivity contribution in [2.45, 2.75) is 0 Å². The molecule has 2 heterocycles. The lowest BCUT2D eigenvalue weighted by Crippen LogP contribution is -1.97. The fourth-order valence-electron chi connectivity index (χ4n) is 6.32. The molecular weight excluding hydrogens is 669 g/mol. The number of ether oxygens (including phenoxy) is 2. The Labute approximate surface area is 311 Å². The number of rotatable bonds is 8. The number of aromatic nitrogens is 4. The molecule has 8 heteroatoms. The van der Waals surface area contributed by atoms with Crippen LogP contribution in [0.4, 0.5) is 11.4 Å². The molecule has 0 spiro atoms. The first kappa shape index (κ1) is 32.3. The van der Waals surface area contributed by atoms with Gasteiger partial charge in [0.2, 0.25) is 0 Å². The van der Waals surface area contributed by atoms with Gasteiger partial charge >= 0.3 is 0 Å². The highest BCUT2D eigenvalue weighted by atomic mass is 16.5. The van der Waals surface area contributed by atoms with E-state index in [9.17, 15) is 0 Å². The van der Waals surface area contributed by atoms with Gasteiger partial charge in [-0.3, -0.25) is 0 Å². The van der Waals surface area contributed by atoms with E-state index in [-0.39, 0.29) is 0 Å². The summed E-state index contributed by atoms with van der Waals surface area (Å²) in [5.41, 5.74) is 22.9. The molecule has 0 bridgehead atoms. The van der Waals surface area contributed by atoms with Gasteiger partial charge in [0.05, 0.1) is 44.8 Å². The maximum absolute atomic E-state index is 6.11. The summed E-state index contributed by atoms with van der Waals surface area (Å²) in [7, 11) is 0. The Kier molecular flexibility index (Phi) is 8.30. The lowest BCUT2D eigenvalue weighted by atomic mass is 9.99. The molecule has 0 radical (unpaired) electrons. The second-order valence-electron chi connectivity index (χ2n) is 12.8. The zero-order chi connectivity index (χ0) is 36.4. The van der Waals surface area contributed by atoms with E-state index in [2.05, 4.69) is 24.3 Å². The zero-order valence-corrected chi connectivity index (χ0v) is 28.9. The van der Waals surface area contributed by atoms with E-state index in [4.69, 9.17) is 40.9 Å². The lowest BCUT2D eigenvalue weighted by Gasteiger charge is -2.14. The van der Waals surface area contributed by atoms with Gasteiger partial charge < -0.3 is 20.9 Å². The Morgan fingerprint density at radius 3 is 0.981 bits per heavy atom. The van der Waals surface area contributed by atoms with Gasteiger partial charge in [-0.1, -0.05) is 84.9 Å². The van der Waals surface area contributed by atoms with Gasteiger partial charge in [-0.25, -0.2) is 19.9 Å². The topological polar surface area (TPSA) is 122 Å². The smallest absolute Gasteiger partial charge is 0.129 e. The van der Waals surface area contributed by atoms with Crippen LogP contribution in [0.25, 0.3) is 67.1 Å². The van der Waals surface area contributed by atoms with E-state index in [1.54, 1.807) is 0 Å². The van der Waals surface area contributed by atoms with Crippen molar-refractivity contribution in [1.29, 1.82) is 0 Å². The molecule has 0 saturated carbocycles. The van der Waals surface area contributed by atoms with Crippen molar-refractivity contribution >= 4 is 33.4 Å². The zero-order valence-electron chi connectivity index (χ0n) is 28.9. The summed E-state index contributed by atoms with van der Waals surface area (Å²) in [5.74, 6) is 2.70. The summed E-state index contributed by atoms with van der Waals surface area (Å²) in [5, 5.41) is 0. The summed E-state index contributed by atoms with van der Waals surface area (Å²) in [6, 6.07) is 54.6. The fraction of sp³-hybridized carbons (Fsp3) is 0. The van der Waals surface area contributed by atoms with Crippen molar-refractivity contribution in [3.8, 4) is 68.0 Å². The van der Waals surface area contributed by atoms with Crippen LogP contribution in [0.2, 0.25) is 0 Å². The Hall–Kier alpha value is -7.58. The van der Waals surface area contributed by atoms with Crippen LogP contribution < -0.4 is 20.9 Å². The molecule has 8 nitrogen and oxygen atoms in total. The van der Waals surface area contributed by atoms with E-state index in [0.29, 0.717) is 34.4 Å². The van der Waals surface area contributed by atoms with Crippen molar-refractivity contribution in [2.24, 2.45) is 0 Å². The Morgan fingerprint density at radius 2 is 0.611 bits per heavy atom. The van der Waals surface area contributed by atoms with E-state index in [0.717, 1.165) is 67.1 Å². The minimum atomic E-state index is 0.661. The van der Waals surface area contributed by atoms with Gasteiger partial charge in [-0.2, -0.15) is 0 Å². The summed E-state index contributed by atoms with van der Waals surface area (Å²) < 4.78 is 12.2. The van der Waals surface area contributed by atoms with Crippen LogP contribution in [0.15, 0.2) is 170 Å². The largest absolute Gasteiger partial charge is 0.457 e. The standard InChI is InChI=1S/C46H32N6O2/c47-33-15-19-35(20-16-33)53-37-23-25-39-41(27-37)51-43(29-7-3-1-4-8-29)45(49-39)31-11-13-32(14-12-31)46-44(30-9-5-2-6-10-30)52-42-28-38(24-26-40(42)50-46)54-36-21-17-34(48)18-22-36/h1-28H,47-48H2. The summed E-state index contributed by atoms with van der Waals surface area (Å²) in [6.07, 6.45) is 0. The molecule has 0 atom stereocenters. The van der Waals surface area contributed by atoms with Crippen molar-refractivity contribution in [3.63, 3.8) is 0 Å². The van der Waals surface area contributed by atoms with E-state index in [1.165, 1.54) is 0 Å². The van der Waals surface area contributed by atoms with Gasteiger partial charge in [0.25, 0.3) is 0 Å². The average Bonchev–Trinajstić information content (AvgIpc) is 3.22. The molecule has 9 rings (SSSR count). The third kappa shape index (κ3) is 6.63. The fourth-order valence-corrected chi connectivity index (χ4v) is 6.32. The first-order valence-electron chi connectivity index (χ1n) is 17.4. The van der Waals surface area contributed by atoms with E-state index >= 15 is 0 Å². The molecule has 0 aliphatic heterocycles. The minimum Gasteiger partial charge on any atom is -0.457 e. The summed E-state index contributed by atoms with van der Waals surface area (Å²) >= 11 is 0. The molecule has 54 heavy (non-hydrogen) atoms. The number of hydrogen-bond donors (Lipinski definition) is 2. The Balaban J connectivity index is 1.10. The van der Waals surface area contributed by atoms with Crippen LogP contribution in [-0.4, -0.2) is 19.9 Å². The molecule has 0 saturated heterocycles. The first-order valence-corrected chi connectivity index (χ1v) is 17.4. The summed E-state index contributed by atoms with van der Waals surface area (Å²) in [6.45, 7) is 0. The number of nitrogens with zero attached hydrogens (tertiary/aromatic N) is 4. The van der Waals surface area contributed by atoms with Gasteiger partial charge in [-0.15, -0.1) is 0 Å². The molecule has 0 amide bonds. The van der Waals surface area contributed by atoms with Gasteiger partial charge in [0, 0.05) is 45.8 Å². The van der Waals surface area contributed by atoms with E-state index in [1.807, 2.05) is 146 Å². The number of hydrogen-bond acceptors (Lipinski definition) is 8. The van der Waals surface area contributed by atoms with Crippen LogP contribution in [-0.2, 0) is 0 Å². The number of nitrogen functional groups attached to an aromatic ring is 2. The highest BCUT2D eigenvalue weighted by molar-refractivity contribution is 5.90. The maximum atomic E-state index is 6.11. The Morgan fingerprint density at radius 1 is 0.296 bits per heavy atom. The molecule has 4 N–H and O–H groups in total. The van der Waals surface area contributed by atoms with Crippen LogP contribution >= 0.6 is 0 Å². The van der Waals surface area contributed by atoms with Crippen LogP contribution in [0.1, 0.15) is 0 Å². The molecule has 0 fully saturated rings. The van der Waals surface area contributed by atoms with E-state index < -0.39 is 0 Å². The molecule has 7 aromatic carbocycles. The highest BCUT2D eigenvalue weighted by Gasteiger charge is 2.17. The molecule has 0 unspecified atom stereocenters. The van der Waals surface area contributed by atoms with Crippen LogP contribution in [0.5, 0.6) is 23.0 Å². The lowest BCUT2D eigenvalue weighted by molar-refractivity contribution is 0.483. The third-order valence-electron chi connectivity index (χ3n) is 9.03. The predicted molar refractivity (Wildman–Crippen MR) is 216 cm³/mol. The van der Waals surface area contributed by atoms with Crippen LogP contribution in [0.3, 0.4) is 0 Å². The predicted octanol–water partition coefficient (Wildman–Crippen LogP) is 11.0. The minimum absolute atomic E-state index is 0.661. The van der Waals surface area contributed by atoms with Crippen molar-refractivity contribution < 1.29 is 9.47 Å². The van der Waals surface area contributed by atoms with Crippen molar-refractivity contribution in [3.05, 3.63) is 170 Å². The van der Waals surface area contributed by atoms with Crippen molar-refractivity contribution in [1.82, 2.24) is 19.9 Å². The SMILES string of the molecule is Nc1ccc(Oc2ccc3nc(-c4ccc(-c5nc6ccc(Oc7ccc(N)cc7)cc6nc5-c5ccccc5)cc4)c(-c4ccccc4)nc3c2)cc1. The average molecular weight is 701 g/mol. The van der Waals surface area contributed by atoms with Gasteiger partial charge in [0.1, 0.15) is 23.0 Å². The quantitative estimate of drug-likeness (QED) is 0.150.